The summed E-state index contributed by atoms with van der Waals surface area (Å²) >= 11 is 0. The van der Waals surface area contributed by atoms with E-state index in [2.05, 4.69) is 10.1 Å². The molecule has 3 rings (SSSR count). The molecule has 172 valence electrons. The lowest BCUT2D eigenvalue weighted by molar-refractivity contribution is -0.384. The number of anilines is 1. The summed E-state index contributed by atoms with van der Waals surface area (Å²) in [5.41, 5.74) is 0.180. The van der Waals surface area contributed by atoms with Crippen LogP contribution < -0.4 is 5.32 Å². The highest BCUT2D eigenvalue weighted by atomic mass is 16.6. The molecule has 0 fully saturated rings. The van der Waals surface area contributed by atoms with Gasteiger partial charge < -0.3 is 14.8 Å². The molecule has 0 aliphatic rings. The van der Waals surface area contributed by atoms with E-state index in [0.717, 1.165) is 25.3 Å². The number of benzene rings is 3. The van der Waals surface area contributed by atoms with E-state index in [-0.39, 0.29) is 22.6 Å². The number of amides is 1. The molecule has 0 heterocycles. The number of non-ortho nitro benzene ring substituents is 1. The van der Waals surface area contributed by atoms with Crippen molar-refractivity contribution >= 4 is 35.0 Å². The van der Waals surface area contributed by atoms with Crippen LogP contribution in [0.1, 0.15) is 41.4 Å². The predicted octanol–water partition coefficient (Wildman–Crippen LogP) is 3.67. The van der Waals surface area contributed by atoms with Gasteiger partial charge in [-0.25, -0.2) is 9.59 Å². The first kappa shape index (κ1) is 23.8. The van der Waals surface area contributed by atoms with Crippen LogP contribution in [0.3, 0.4) is 0 Å². The molecule has 0 saturated heterocycles. The number of hydrogen-bond acceptors (Lipinski definition) is 8. The molecule has 0 spiro atoms. The van der Waals surface area contributed by atoms with E-state index in [1.165, 1.54) is 24.3 Å². The first-order chi connectivity index (χ1) is 16.3. The zero-order valence-electron chi connectivity index (χ0n) is 17.8. The molecule has 0 atom stereocenters. The maximum absolute atomic E-state index is 12.4. The molecule has 1 amide bonds. The molecule has 0 unspecified atom stereocenters. The van der Waals surface area contributed by atoms with E-state index in [4.69, 9.17) is 4.74 Å². The Labute approximate surface area is 193 Å². The van der Waals surface area contributed by atoms with Crippen molar-refractivity contribution in [2.45, 2.75) is 0 Å². The lowest BCUT2D eigenvalue weighted by Gasteiger charge is -2.08. The van der Waals surface area contributed by atoms with Crippen LogP contribution in [0.25, 0.3) is 0 Å². The Morgan fingerprint density at radius 2 is 1.44 bits per heavy atom. The number of carbonyl (C=O) groups excluding carboxylic acids is 4. The molecule has 0 aliphatic heterocycles. The third-order valence-corrected chi connectivity index (χ3v) is 4.62. The number of esters is 2. The van der Waals surface area contributed by atoms with Crippen molar-refractivity contribution in [1.82, 2.24) is 0 Å². The highest BCUT2D eigenvalue weighted by Crippen LogP contribution is 2.19. The topological polar surface area (TPSA) is 142 Å². The number of nitrogens with one attached hydrogen (secondary N) is 1. The summed E-state index contributed by atoms with van der Waals surface area (Å²) in [5, 5.41) is 13.8. The Bertz CT molecular complexity index is 1250. The second kappa shape index (κ2) is 10.6. The van der Waals surface area contributed by atoms with Gasteiger partial charge in [0.1, 0.15) is 0 Å². The number of Topliss-reactive ketones (excluding diaryl/α,β-unsaturated/α-hetero) is 1. The third-order valence-electron chi connectivity index (χ3n) is 4.62. The molecule has 0 radical (unpaired) electrons. The number of ketones is 1. The number of carbonyl (C=O) groups is 4. The Morgan fingerprint density at radius 1 is 0.824 bits per heavy atom. The summed E-state index contributed by atoms with van der Waals surface area (Å²) in [4.78, 5) is 58.9. The lowest BCUT2D eigenvalue weighted by Crippen LogP contribution is -2.15. The first-order valence-electron chi connectivity index (χ1n) is 9.83. The normalized spacial score (nSPS) is 10.1. The Hall–Kier alpha value is -4.86. The summed E-state index contributed by atoms with van der Waals surface area (Å²) in [6.45, 7) is -0.634. The van der Waals surface area contributed by atoms with E-state index < -0.39 is 34.9 Å². The number of methoxy groups -OCH3 is 1. The minimum Gasteiger partial charge on any atom is -0.465 e. The summed E-state index contributed by atoms with van der Waals surface area (Å²) in [6.07, 6.45) is 0. The van der Waals surface area contributed by atoms with Crippen LogP contribution in [-0.4, -0.2) is 42.3 Å². The van der Waals surface area contributed by atoms with Crippen molar-refractivity contribution in [2.75, 3.05) is 19.0 Å². The van der Waals surface area contributed by atoms with Gasteiger partial charge in [-0.3, -0.25) is 19.7 Å². The maximum atomic E-state index is 12.4. The Morgan fingerprint density at radius 3 is 2.03 bits per heavy atom. The summed E-state index contributed by atoms with van der Waals surface area (Å²) < 4.78 is 9.49. The quantitative estimate of drug-likeness (QED) is 0.231. The summed E-state index contributed by atoms with van der Waals surface area (Å²) in [7, 11) is 1.09. The fraction of sp³-hybridized carbons (Fsp3) is 0.0833. The Kier molecular flexibility index (Phi) is 7.45. The van der Waals surface area contributed by atoms with Crippen molar-refractivity contribution in [3.05, 3.63) is 105 Å². The molecular formula is C24H18N2O8. The molecule has 3 aromatic rings. The van der Waals surface area contributed by atoms with Gasteiger partial charge in [-0.2, -0.15) is 0 Å². The molecular weight excluding hydrogens is 444 g/mol. The van der Waals surface area contributed by atoms with Crippen LogP contribution >= 0.6 is 0 Å². The third kappa shape index (κ3) is 5.88. The first-order valence-corrected chi connectivity index (χ1v) is 9.83. The van der Waals surface area contributed by atoms with Gasteiger partial charge >= 0.3 is 11.9 Å². The second-order valence-corrected chi connectivity index (χ2v) is 6.91. The zero-order valence-corrected chi connectivity index (χ0v) is 17.8. The minimum absolute atomic E-state index is 0.205. The van der Waals surface area contributed by atoms with Crippen LogP contribution in [0, 0.1) is 10.1 Å². The summed E-state index contributed by atoms with van der Waals surface area (Å²) in [5.74, 6) is -2.73. The van der Waals surface area contributed by atoms with Crippen molar-refractivity contribution < 1.29 is 33.6 Å². The van der Waals surface area contributed by atoms with E-state index >= 15 is 0 Å². The number of ether oxygens (including phenoxy) is 2. The molecule has 0 aliphatic carbocycles. The van der Waals surface area contributed by atoms with Crippen LogP contribution in [0.15, 0.2) is 72.8 Å². The lowest BCUT2D eigenvalue weighted by atomic mass is 10.1. The van der Waals surface area contributed by atoms with Crippen molar-refractivity contribution in [3.8, 4) is 0 Å². The fourth-order valence-electron chi connectivity index (χ4n) is 2.90. The van der Waals surface area contributed by atoms with Gasteiger partial charge in [0.15, 0.2) is 12.4 Å². The van der Waals surface area contributed by atoms with Crippen LogP contribution in [0.4, 0.5) is 11.4 Å². The number of hydrogen-bond donors (Lipinski definition) is 1. The largest absolute Gasteiger partial charge is 0.465 e. The molecule has 34 heavy (non-hydrogen) atoms. The zero-order chi connectivity index (χ0) is 24.7. The molecule has 3 aromatic carbocycles. The monoisotopic (exact) mass is 462 g/mol. The van der Waals surface area contributed by atoms with Crippen LogP contribution in [0.5, 0.6) is 0 Å². The standard InChI is InChI=1S/C24H18N2O8/c1-33-23(29)17-11-18(13-20(12-17)26(31)32)24(30)34-14-21(27)15-7-9-19(10-8-15)25-22(28)16-5-3-2-4-6-16/h2-13H,14H2,1H3,(H,25,28). The minimum atomic E-state index is -1.02. The van der Waals surface area contributed by atoms with Crippen molar-refractivity contribution in [3.63, 3.8) is 0 Å². The number of rotatable bonds is 8. The molecule has 0 bridgehead atoms. The predicted molar refractivity (Wildman–Crippen MR) is 120 cm³/mol. The van der Waals surface area contributed by atoms with Gasteiger partial charge in [0, 0.05) is 28.9 Å². The van der Waals surface area contributed by atoms with Gasteiger partial charge in [0.2, 0.25) is 0 Å². The van der Waals surface area contributed by atoms with E-state index in [1.807, 2.05) is 0 Å². The highest BCUT2D eigenvalue weighted by Gasteiger charge is 2.20. The number of nitrogens with zero attached hydrogens (tertiary/aromatic N) is 1. The van der Waals surface area contributed by atoms with Crippen LogP contribution in [0.2, 0.25) is 0 Å². The molecule has 1 N–H and O–H groups in total. The van der Waals surface area contributed by atoms with Crippen molar-refractivity contribution in [2.24, 2.45) is 0 Å². The molecule has 10 nitrogen and oxygen atoms in total. The SMILES string of the molecule is COC(=O)c1cc(C(=O)OCC(=O)c2ccc(NC(=O)c3ccccc3)cc2)cc([N+](=O)[O-])c1. The van der Waals surface area contributed by atoms with Crippen LogP contribution in [-0.2, 0) is 9.47 Å². The van der Waals surface area contributed by atoms with Gasteiger partial charge in [-0.15, -0.1) is 0 Å². The van der Waals surface area contributed by atoms with Gasteiger partial charge in [-0.1, -0.05) is 18.2 Å². The van der Waals surface area contributed by atoms with E-state index in [0.29, 0.717) is 11.3 Å². The number of nitro groups is 1. The van der Waals surface area contributed by atoms with E-state index in [1.54, 1.807) is 30.3 Å². The number of nitro benzene ring substituents is 1. The van der Waals surface area contributed by atoms with Gasteiger partial charge in [0.05, 0.1) is 23.2 Å². The smallest absolute Gasteiger partial charge is 0.338 e. The molecule has 0 aromatic heterocycles. The average molecular weight is 462 g/mol. The van der Waals surface area contributed by atoms with Gasteiger partial charge in [0.25, 0.3) is 11.6 Å². The summed E-state index contributed by atoms with van der Waals surface area (Å²) in [6, 6.07) is 17.5. The average Bonchev–Trinajstić information content (AvgIpc) is 2.87. The fourth-order valence-corrected chi connectivity index (χ4v) is 2.90. The maximum Gasteiger partial charge on any atom is 0.338 e. The Balaban J connectivity index is 1.63. The van der Waals surface area contributed by atoms with Gasteiger partial charge in [-0.05, 0) is 42.5 Å². The highest BCUT2D eigenvalue weighted by molar-refractivity contribution is 6.05. The molecule has 0 saturated carbocycles. The van der Waals surface area contributed by atoms with Crippen molar-refractivity contribution in [1.29, 1.82) is 0 Å². The van der Waals surface area contributed by atoms with E-state index in [9.17, 15) is 29.3 Å². The molecule has 10 heteroatoms. The second-order valence-electron chi connectivity index (χ2n) is 6.91.